The molecule has 0 saturated carbocycles. The summed E-state index contributed by atoms with van der Waals surface area (Å²) in [6.07, 6.45) is 2.72. The van der Waals surface area contributed by atoms with Crippen LogP contribution in [0.3, 0.4) is 0 Å². The third-order valence-electron chi connectivity index (χ3n) is 2.24. The first-order chi connectivity index (χ1) is 7.65. The van der Waals surface area contributed by atoms with E-state index in [0.29, 0.717) is 6.42 Å². The molecule has 1 atom stereocenters. The van der Waals surface area contributed by atoms with Crippen LogP contribution in [-0.4, -0.2) is 23.5 Å². The first-order valence-electron chi connectivity index (χ1n) is 5.19. The van der Waals surface area contributed by atoms with Crippen LogP contribution >= 0.6 is 0 Å². The molecule has 0 spiro atoms. The molecule has 0 aliphatic rings. The zero-order valence-corrected chi connectivity index (χ0v) is 9.10. The number of hydrogen-bond acceptors (Lipinski definition) is 3. The Morgan fingerprint density at radius 1 is 1.56 bits per heavy atom. The summed E-state index contributed by atoms with van der Waals surface area (Å²) in [6, 6.07) is 3.14. The van der Waals surface area contributed by atoms with E-state index in [1.807, 2.05) is 6.92 Å². The van der Waals surface area contributed by atoms with E-state index < -0.39 is 11.9 Å². The molecule has 1 rings (SSSR count). The molecule has 1 heterocycles. The van der Waals surface area contributed by atoms with Gasteiger partial charge in [-0.25, -0.2) is 0 Å². The molecular weight excluding hydrogens is 210 g/mol. The second-order valence-electron chi connectivity index (χ2n) is 3.51. The van der Waals surface area contributed by atoms with E-state index >= 15 is 0 Å². The molecule has 1 unspecified atom stereocenters. The second kappa shape index (κ2) is 5.95. The molecule has 0 aliphatic heterocycles. The van der Waals surface area contributed by atoms with Gasteiger partial charge in [-0.05, 0) is 18.6 Å². The van der Waals surface area contributed by atoms with Crippen molar-refractivity contribution in [1.29, 1.82) is 0 Å². The number of carboxylic acid groups (broad SMARTS) is 1. The van der Waals surface area contributed by atoms with Gasteiger partial charge in [-0.2, -0.15) is 0 Å². The lowest BCUT2D eigenvalue weighted by Gasteiger charge is -2.11. The van der Waals surface area contributed by atoms with Gasteiger partial charge in [0.05, 0.1) is 12.2 Å². The molecule has 16 heavy (non-hydrogen) atoms. The summed E-state index contributed by atoms with van der Waals surface area (Å²) in [5, 5.41) is 11.4. The molecule has 0 bridgehead atoms. The number of rotatable bonds is 6. The summed E-state index contributed by atoms with van der Waals surface area (Å²) >= 11 is 0. The van der Waals surface area contributed by atoms with Gasteiger partial charge < -0.3 is 14.8 Å². The Kier molecular flexibility index (Phi) is 4.57. The summed E-state index contributed by atoms with van der Waals surface area (Å²) in [5.74, 6) is -1.61. The normalized spacial score (nSPS) is 12.1. The van der Waals surface area contributed by atoms with Crippen LogP contribution in [-0.2, 0) is 4.79 Å². The van der Waals surface area contributed by atoms with Crippen LogP contribution in [0.1, 0.15) is 30.3 Å². The van der Waals surface area contributed by atoms with Crippen LogP contribution in [0.2, 0.25) is 0 Å². The first-order valence-corrected chi connectivity index (χ1v) is 5.19. The standard InChI is InChI=1S/C11H15NO4/c1-2-4-8(11(14)15)7-12-10(13)9-5-3-6-16-9/h3,5-6,8H,2,4,7H2,1H3,(H,12,13)(H,14,15). The van der Waals surface area contributed by atoms with Crippen molar-refractivity contribution < 1.29 is 19.1 Å². The number of hydrogen-bond donors (Lipinski definition) is 2. The Hall–Kier alpha value is -1.78. The third-order valence-corrected chi connectivity index (χ3v) is 2.24. The summed E-state index contributed by atoms with van der Waals surface area (Å²) in [4.78, 5) is 22.3. The number of carbonyl (C=O) groups excluding carboxylic acids is 1. The Morgan fingerprint density at radius 3 is 2.81 bits per heavy atom. The number of amides is 1. The second-order valence-corrected chi connectivity index (χ2v) is 3.51. The molecule has 88 valence electrons. The number of nitrogens with one attached hydrogen (secondary N) is 1. The summed E-state index contributed by atoms with van der Waals surface area (Å²) in [6.45, 7) is 2.03. The van der Waals surface area contributed by atoms with Crippen LogP contribution in [0.15, 0.2) is 22.8 Å². The van der Waals surface area contributed by atoms with E-state index in [4.69, 9.17) is 9.52 Å². The minimum Gasteiger partial charge on any atom is -0.481 e. The van der Waals surface area contributed by atoms with E-state index in [9.17, 15) is 9.59 Å². The maximum absolute atomic E-state index is 11.4. The predicted molar refractivity (Wildman–Crippen MR) is 57.1 cm³/mol. The SMILES string of the molecule is CCCC(CNC(=O)c1ccco1)C(=O)O. The molecule has 0 saturated heterocycles. The quantitative estimate of drug-likeness (QED) is 0.769. The van der Waals surface area contributed by atoms with Gasteiger partial charge in [0.15, 0.2) is 5.76 Å². The van der Waals surface area contributed by atoms with Crippen LogP contribution in [0.5, 0.6) is 0 Å². The monoisotopic (exact) mass is 225 g/mol. The summed E-state index contributed by atoms with van der Waals surface area (Å²) in [5.41, 5.74) is 0. The lowest BCUT2D eigenvalue weighted by molar-refractivity contribution is -0.141. The van der Waals surface area contributed by atoms with Crippen LogP contribution in [0.4, 0.5) is 0 Å². The largest absolute Gasteiger partial charge is 0.481 e. The van der Waals surface area contributed by atoms with Crippen molar-refractivity contribution >= 4 is 11.9 Å². The van der Waals surface area contributed by atoms with Gasteiger partial charge in [0, 0.05) is 6.54 Å². The van der Waals surface area contributed by atoms with Gasteiger partial charge in [-0.15, -0.1) is 0 Å². The molecule has 1 aromatic heterocycles. The van der Waals surface area contributed by atoms with Crippen molar-refractivity contribution in [3.05, 3.63) is 24.2 Å². The minimum atomic E-state index is -0.887. The van der Waals surface area contributed by atoms with Crippen molar-refractivity contribution in [3.8, 4) is 0 Å². The molecule has 2 N–H and O–H groups in total. The predicted octanol–water partition coefficient (Wildman–Crippen LogP) is 1.51. The van der Waals surface area contributed by atoms with Crippen LogP contribution in [0.25, 0.3) is 0 Å². The van der Waals surface area contributed by atoms with Crippen molar-refractivity contribution in [3.63, 3.8) is 0 Å². The molecule has 0 radical (unpaired) electrons. The average molecular weight is 225 g/mol. The molecule has 5 heteroatoms. The van der Waals surface area contributed by atoms with Gasteiger partial charge in [0.25, 0.3) is 5.91 Å². The van der Waals surface area contributed by atoms with Crippen molar-refractivity contribution in [2.45, 2.75) is 19.8 Å². The van der Waals surface area contributed by atoms with Gasteiger partial charge in [0.1, 0.15) is 0 Å². The summed E-state index contributed by atoms with van der Waals surface area (Å²) in [7, 11) is 0. The molecule has 0 aromatic carbocycles. The maximum atomic E-state index is 11.4. The van der Waals surface area contributed by atoms with E-state index in [1.165, 1.54) is 12.3 Å². The van der Waals surface area contributed by atoms with Gasteiger partial charge in [-0.1, -0.05) is 13.3 Å². The smallest absolute Gasteiger partial charge is 0.308 e. The number of aliphatic carboxylic acids is 1. The number of furan rings is 1. The lowest BCUT2D eigenvalue weighted by atomic mass is 10.0. The molecular formula is C11H15NO4. The zero-order valence-electron chi connectivity index (χ0n) is 9.10. The first kappa shape index (κ1) is 12.3. The number of carboxylic acids is 1. The lowest BCUT2D eigenvalue weighted by Crippen LogP contribution is -2.32. The fourth-order valence-electron chi connectivity index (χ4n) is 1.37. The minimum absolute atomic E-state index is 0.128. The summed E-state index contributed by atoms with van der Waals surface area (Å²) < 4.78 is 4.89. The van der Waals surface area contributed by atoms with Crippen LogP contribution in [0, 0.1) is 5.92 Å². The molecule has 1 amide bonds. The van der Waals surface area contributed by atoms with Crippen LogP contribution < -0.4 is 5.32 Å². The Morgan fingerprint density at radius 2 is 2.31 bits per heavy atom. The van der Waals surface area contributed by atoms with E-state index in [1.54, 1.807) is 6.07 Å². The highest BCUT2D eigenvalue weighted by Gasteiger charge is 2.18. The fraction of sp³-hybridized carbons (Fsp3) is 0.455. The Balaban J connectivity index is 2.43. The van der Waals surface area contributed by atoms with Crippen molar-refractivity contribution in [1.82, 2.24) is 5.32 Å². The van der Waals surface area contributed by atoms with E-state index in [-0.39, 0.29) is 18.2 Å². The van der Waals surface area contributed by atoms with Crippen molar-refractivity contribution in [2.24, 2.45) is 5.92 Å². The Labute approximate surface area is 93.4 Å². The molecule has 0 fully saturated rings. The third kappa shape index (κ3) is 3.42. The Bertz CT molecular complexity index is 345. The molecule has 5 nitrogen and oxygen atoms in total. The molecule has 1 aromatic rings. The topological polar surface area (TPSA) is 79.5 Å². The van der Waals surface area contributed by atoms with E-state index in [2.05, 4.69) is 5.32 Å². The zero-order chi connectivity index (χ0) is 12.0. The average Bonchev–Trinajstić information content (AvgIpc) is 2.76. The highest BCUT2D eigenvalue weighted by Crippen LogP contribution is 2.06. The van der Waals surface area contributed by atoms with Gasteiger partial charge in [0.2, 0.25) is 0 Å². The van der Waals surface area contributed by atoms with Gasteiger partial charge in [-0.3, -0.25) is 9.59 Å². The van der Waals surface area contributed by atoms with Crippen molar-refractivity contribution in [2.75, 3.05) is 6.54 Å². The van der Waals surface area contributed by atoms with E-state index in [0.717, 1.165) is 6.42 Å². The highest BCUT2D eigenvalue weighted by molar-refractivity contribution is 5.91. The highest BCUT2D eigenvalue weighted by atomic mass is 16.4. The van der Waals surface area contributed by atoms with Gasteiger partial charge >= 0.3 is 5.97 Å². The number of carbonyl (C=O) groups is 2. The molecule has 0 aliphatic carbocycles. The maximum Gasteiger partial charge on any atom is 0.308 e. The fourth-order valence-corrected chi connectivity index (χ4v) is 1.37.